The Balaban J connectivity index is 2.03. The zero-order valence-corrected chi connectivity index (χ0v) is 13.4. The fraction of sp³-hybridized carbons (Fsp3) is 0.368. The molecule has 4 N–H and O–H groups in total. The van der Waals surface area contributed by atoms with Gasteiger partial charge in [-0.15, -0.1) is 0 Å². The van der Waals surface area contributed by atoms with Gasteiger partial charge in [-0.1, -0.05) is 24.3 Å². The van der Waals surface area contributed by atoms with E-state index in [0.29, 0.717) is 36.9 Å². The third-order valence-electron chi connectivity index (χ3n) is 4.15. The molecule has 5 heteroatoms. The van der Waals surface area contributed by atoms with E-state index in [9.17, 15) is 19.0 Å². The van der Waals surface area contributed by atoms with Gasteiger partial charge in [0.25, 0.3) is 0 Å². The molecule has 2 atom stereocenters. The number of nitrogens with two attached hydrogens (primary N) is 1. The van der Waals surface area contributed by atoms with E-state index in [1.54, 1.807) is 24.3 Å². The highest BCUT2D eigenvalue weighted by Gasteiger charge is 2.20. The van der Waals surface area contributed by atoms with Gasteiger partial charge in [-0.05, 0) is 67.1 Å². The molecule has 0 fully saturated rings. The van der Waals surface area contributed by atoms with E-state index in [1.165, 1.54) is 24.3 Å². The lowest BCUT2D eigenvalue weighted by Gasteiger charge is -2.23. The summed E-state index contributed by atoms with van der Waals surface area (Å²) in [6.07, 6.45) is -0.354. The van der Waals surface area contributed by atoms with Gasteiger partial charge in [0.2, 0.25) is 0 Å². The minimum atomic E-state index is -0.836. The number of hydrogen-bond acceptors (Lipinski definition) is 3. The second-order valence-electron chi connectivity index (χ2n) is 6.06. The molecule has 0 spiro atoms. The lowest BCUT2D eigenvalue weighted by Crippen LogP contribution is -2.16. The second kappa shape index (κ2) is 8.87. The van der Waals surface area contributed by atoms with Crippen molar-refractivity contribution in [1.29, 1.82) is 0 Å². The molecule has 0 aliphatic rings. The zero-order valence-electron chi connectivity index (χ0n) is 13.4. The van der Waals surface area contributed by atoms with E-state index < -0.39 is 23.8 Å². The largest absolute Gasteiger partial charge is 0.388 e. The summed E-state index contributed by atoms with van der Waals surface area (Å²) in [4.78, 5) is 0. The van der Waals surface area contributed by atoms with Crippen LogP contribution in [-0.2, 0) is 0 Å². The average Bonchev–Trinajstić information content (AvgIpc) is 2.55. The first kappa shape index (κ1) is 18.5. The molecule has 3 nitrogen and oxygen atoms in total. The van der Waals surface area contributed by atoms with Crippen molar-refractivity contribution in [2.24, 2.45) is 11.7 Å². The highest BCUT2D eigenvalue weighted by atomic mass is 19.1. The smallest absolute Gasteiger partial charge is 0.123 e. The van der Waals surface area contributed by atoms with Gasteiger partial charge in [-0.25, -0.2) is 8.78 Å². The number of halogens is 2. The molecular formula is C19H23F2NO2. The Morgan fingerprint density at radius 1 is 0.833 bits per heavy atom. The molecule has 2 rings (SSSR count). The Morgan fingerprint density at radius 3 is 1.67 bits per heavy atom. The first-order valence-corrected chi connectivity index (χ1v) is 8.06. The van der Waals surface area contributed by atoms with Crippen molar-refractivity contribution in [1.82, 2.24) is 0 Å². The summed E-state index contributed by atoms with van der Waals surface area (Å²) in [5, 5.41) is 20.6. The number of rotatable bonds is 8. The number of benzene rings is 2. The van der Waals surface area contributed by atoms with E-state index in [4.69, 9.17) is 5.73 Å². The first-order chi connectivity index (χ1) is 11.5. The van der Waals surface area contributed by atoms with Crippen LogP contribution in [0.4, 0.5) is 8.78 Å². The first-order valence-electron chi connectivity index (χ1n) is 8.06. The Labute approximate surface area is 140 Å². The van der Waals surface area contributed by atoms with Crippen molar-refractivity contribution in [2.45, 2.75) is 31.5 Å². The molecule has 2 aromatic carbocycles. The van der Waals surface area contributed by atoms with Crippen molar-refractivity contribution in [3.8, 4) is 0 Å². The standard InChI is InChI=1S/C19H23F2NO2/c20-16-5-1-3-14(11-16)18(23)9-13(7-8-22)10-19(24)15-4-2-6-17(21)12-15/h1-6,11-13,18-19,23-24H,7-10,22H2. The molecule has 2 unspecified atom stereocenters. The highest BCUT2D eigenvalue weighted by Crippen LogP contribution is 2.30. The molecule has 0 heterocycles. The van der Waals surface area contributed by atoms with Gasteiger partial charge in [0.15, 0.2) is 0 Å². The van der Waals surface area contributed by atoms with Crippen molar-refractivity contribution in [2.75, 3.05) is 6.54 Å². The molecule has 0 bridgehead atoms. The van der Waals surface area contributed by atoms with E-state index in [2.05, 4.69) is 0 Å². The lowest BCUT2D eigenvalue weighted by molar-refractivity contribution is 0.100. The number of hydrogen-bond donors (Lipinski definition) is 3. The lowest BCUT2D eigenvalue weighted by atomic mass is 9.88. The predicted octanol–water partition coefficient (Wildman–Crippen LogP) is 3.48. The second-order valence-corrected chi connectivity index (χ2v) is 6.06. The summed E-state index contributed by atoms with van der Waals surface area (Å²) in [7, 11) is 0. The minimum absolute atomic E-state index is 0.0634. The molecule has 2 aromatic rings. The molecule has 0 saturated carbocycles. The number of aliphatic hydroxyl groups excluding tert-OH is 2. The van der Waals surface area contributed by atoms with Crippen LogP contribution in [0.15, 0.2) is 48.5 Å². The van der Waals surface area contributed by atoms with E-state index in [1.807, 2.05) is 0 Å². The maximum atomic E-state index is 13.3. The van der Waals surface area contributed by atoms with Crippen molar-refractivity contribution >= 4 is 0 Å². The summed E-state index contributed by atoms with van der Waals surface area (Å²) in [6, 6.07) is 11.7. The molecule has 0 amide bonds. The van der Waals surface area contributed by atoms with Crippen LogP contribution in [0.3, 0.4) is 0 Å². The third-order valence-corrected chi connectivity index (χ3v) is 4.15. The average molecular weight is 335 g/mol. The maximum Gasteiger partial charge on any atom is 0.123 e. The van der Waals surface area contributed by atoms with Crippen molar-refractivity contribution in [3.63, 3.8) is 0 Å². The normalized spacial score (nSPS) is 15.0. The quantitative estimate of drug-likeness (QED) is 0.692. The van der Waals surface area contributed by atoms with E-state index in [0.717, 1.165) is 0 Å². The SMILES string of the molecule is NCCC(CC(O)c1cccc(F)c1)CC(O)c1cccc(F)c1. The van der Waals surface area contributed by atoms with Gasteiger partial charge >= 0.3 is 0 Å². The van der Waals surface area contributed by atoms with Gasteiger partial charge in [0.1, 0.15) is 11.6 Å². The summed E-state index contributed by atoms with van der Waals surface area (Å²) < 4.78 is 26.6. The van der Waals surface area contributed by atoms with Gasteiger partial charge < -0.3 is 15.9 Å². The minimum Gasteiger partial charge on any atom is -0.388 e. The molecular weight excluding hydrogens is 312 g/mol. The third kappa shape index (κ3) is 5.37. The molecule has 0 aliphatic heterocycles. The molecule has 0 aliphatic carbocycles. The monoisotopic (exact) mass is 335 g/mol. The Hall–Kier alpha value is -1.82. The molecule has 24 heavy (non-hydrogen) atoms. The fourth-order valence-electron chi connectivity index (χ4n) is 2.90. The van der Waals surface area contributed by atoms with Crippen LogP contribution in [0.2, 0.25) is 0 Å². The fourth-order valence-corrected chi connectivity index (χ4v) is 2.90. The van der Waals surface area contributed by atoms with Gasteiger partial charge in [-0.3, -0.25) is 0 Å². The number of aliphatic hydroxyl groups is 2. The Morgan fingerprint density at radius 2 is 1.29 bits per heavy atom. The Bertz CT molecular complexity index is 597. The van der Waals surface area contributed by atoms with Gasteiger partial charge in [-0.2, -0.15) is 0 Å². The zero-order chi connectivity index (χ0) is 17.5. The van der Waals surface area contributed by atoms with E-state index in [-0.39, 0.29) is 5.92 Å². The van der Waals surface area contributed by atoms with Crippen LogP contribution in [0, 0.1) is 17.6 Å². The summed E-state index contributed by atoms with van der Waals surface area (Å²) in [5.74, 6) is -0.866. The van der Waals surface area contributed by atoms with Crippen LogP contribution in [0.1, 0.15) is 42.6 Å². The van der Waals surface area contributed by atoms with Gasteiger partial charge in [0, 0.05) is 0 Å². The van der Waals surface area contributed by atoms with Crippen LogP contribution in [-0.4, -0.2) is 16.8 Å². The molecule has 0 radical (unpaired) electrons. The van der Waals surface area contributed by atoms with Crippen molar-refractivity contribution in [3.05, 3.63) is 71.3 Å². The van der Waals surface area contributed by atoms with Crippen molar-refractivity contribution < 1.29 is 19.0 Å². The summed E-state index contributed by atoms with van der Waals surface area (Å²) >= 11 is 0. The predicted molar refractivity (Wildman–Crippen MR) is 89.1 cm³/mol. The van der Waals surface area contributed by atoms with Crippen LogP contribution in [0.5, 0.6) is 0 Å². The van der Waals surface area contributed by atoms with Crippen LogP contribution < -0.4 is 5.73 Å². The molecule has 0 saturated heterocycles. The Kier molecular flexibility index (Phi) is 6.85. The van der Waals surface area contributed by atoms with Crippen LogP contribution >= 0.6 is 0 Å². The highest BCUT2D eigenvalue weighted by molar-refractivity contribution is 5.20. The summed E-state index contributed by atoms with van der Waals surface area (Å²) in [5.41, 5.74) is 6.62. The van der Waals surface area contributed by atoms with Crippen LogP contribution in [0.25, 0.3) is 0 Å². The van der Waals surface area contributed by atoms with E-state index >= 15 is 0 Å². The topological polar surface area (TPSA) is 66.5 Å². The molecule has 130 valence electrons. The molecule has 0 aromatic heterocycles. The summed E-state index contributed by atoms with van der Waals surface area (Å²) in [6.45, 7) is 0.413. The van der Waals surface area contributed by atoms with Gasteiger partial charge in [0.05, 0.1) is 12.2 Å². The maximum absolute atomic E-state index is 13.3.